The number of nitrogens with zero attached hydrogens (tertiary/aromatic N) is 3. The van der Waals surface area contributed by atoms with E-state index in [2.05, 4.69) is 14.8 Å². The lowest BCUT2D eigenvalue weighted by atomic mass is 10.2. The molecule has 1 aromatic rings. The predicted molar refractivity (Wildman–Crippen MR) is 85.2 cm³/mol. The Labute approximate surface area is 143 Å². The van der Waals surface area contributed by atoms with Crippen LogP contribution in [0.1, 0.15) is 17.3 Å². The summed E-state index contributed by atoms with van der Waals surface area (Å²) in [5, 5.41) is 12.5. The molecule has 0 bridgehead atoms. The molecule has 1 rings (SSSR count). The molecule has 136 valence electrons. The molecule has 1 N–H and O–H groups in total. The fourth-order valence-corrected chi connectivity index (χ4v) is 1.70. The Bertz CT molecular complexity index is 617. The molecule has 0 amide bonds. The maximum absolute atomic E-state index is 11.1. The van der Waals surface area contributed by atoms with Crippen molar-refractivity contribution in [2.24, 2.45) is 5.11 Å². The van der Waals surface area contributed by atoms with E-state index < -0.39 is 18.2 Å². The zero-order valence-corrected chi connectivity index (χ0v) is 13.7. The number of carbonyl (C=O) groups excluding carboxylic acids is 1. The van der Waals surface area contributed by atoms with Crippen molar-refractivity contribution in [2.75, 3.05) is 33.0 Å². The van der Waals surface area contributed by atoms with Gasteiger partial charge >= 0.3 is 11.9 Å². The summed E-state index contributed by atoms with van der Waals surface area (Å²) in [6.45, 7) is 1.72. The number of aromatic carboxylic acids is 1. The van der Waals surface area contributed by atoms with E-state index in [4.69, 9.17) is 24.8 Å². The average molecular weight is 353 g/mol. The molecule has 1 atom stereocenters. The Morgan fingerprint density at radius 2 is 2.08 bits per heavy atom. The topological polar surface area (TPSA) is 140 Å². The van der Waals surface area contributed by atoms with Crippen LogP contribution in [-0.2, 0) is 19.0 Å². The fourth-order valence-electron chi connectivity index (χ4n) is 1.70. The zero-order valence-electron chi connectivity index (χ0n) is 13.7. The largest absolute Gasteiger partial charge is 0.490 e. The maximum atomic E-state index is 11.1. The number of hydrogen-bond donors (Lipinski definition) is 1. The Morgan fingerprint density at radius 1 is 1.32 bits per heavy atom. The predicted octanol–water partition coefficient (Wildman–Crippen LogP) is 2.00. The Balaban J connectivity index is 2.41. The molecular weight excluding hydrogens is 334 g/mol. The van der Waals surface area contributed by atoms with Crippen LogP contribution in [0.5, 0.6) is 5.75 Å². The second kappa shape index (κ2) is 11.7. The number of hydrogen-bond acceptors (Lipinski definition) is 7. The fraction of sp³-hybridized carbons (Fsp3) is 0.467. The minimum Gasteiger partial charge on any atom is -0.490 e. The molecule has 0 saturated heterocycles. The van der Waals surface area contributed by atoms with E-state index in [1.807, 2.05) is 0 Å². The van der Waals surface area contributed by atoms with Crippen LogP contribution < -0.4 is 4.74 Å². The lowest BCUT2D eigenvalue weighted by Gasteiger charge is -2.15. The molecule has 1 aromatic carbocycles. The van der Waals surface area contributed by atoms with Gasteiger partial charge in [-0.15, -0.1) is 0 Å². The highest BCUT2D eigenvalue weighted by molar-refractivity contribution is 5.90. The Hall–Kier alpha value is -2.81. The van der Waals surface area contributed by atoms with Crippen LogP contribution in [0.2, 0.25) is 0 Å². The van der Waals surface area contributed by atoms with Crippen molar-refractivity contribution in [1.29, 1.82) is 0 Å². The van der Waals surface area contributed by atoms with Gasteiger partial charge in [0.05, 0.1) is 19.8 Å². The molecule has 0 aliphatic carbocycles. The van der Waals surface area contributed by atoms with Crippen LogP contribution in [0, 0.1) is 0 Å². The number of carbonyl (C=O) groups is 2. The third-order valence-electron chi connectivity index (χ3n) is 2.74. The van der Waals surface area contributed by atoms with Gasteiger partial charge in [0.1, 0.15) is 24.5 Å². The van der Waals surface area contributed by atoms with Crippen molar-refractivity contribution in [3.63, 3.8) is 0 Å². The molecule has 0 radical (unpaired) electrons. The summed E-state index contributed by atoms with van der Waals surface area (Å²) in [5.41, 5.74) is 8.53. The van der Waals surface area contributed by atoms with Crippen molar-refractivity contribution in [3.8, 4) is 5.75 Å². The number of ether oxygens (including phenoxy) is 4. The number of para-hydroxylation sites is 1. The lowest BCUT2D eigenvalue weighted by Crippen LogP contribution is -2.23. The number of rotatable bonds is 12. The first kappa shape index (κ1) is 20.2. The molecule has 0 aromatic heterocycles. The molecule has 10 heteroatoms. The van der Waals surface area contributed by atoms with Gasteiger partial charge < -0.3 is 24.1 Å². The first-order valence-corrected chi connectivity index (χ1v) is 7.42. The van der Waals surface area contributed by atoms with Gasteiger partial charge in [-0.05, 0) is 24.6 Å². The molecule has 0 heterocycles. The van der Waals surface area contributed by atoms with Gasteiger partial charge in [0.15, 0.2) is 6.23 Å². The minimum atomic E-state index is -1.13. The van der Waals surface area contributed by atoms with E-state index in [9.17, 15) is 9.59 Å². The summed E-state index contributed by atoms with van der Waals surface area (Å²) in [6, 6.07) is 6.07. The zero-order chi connectivity index (χ0) is 18.5. The quantitative estimate of drug-likeness (QED) is 0.199. The van der Waals surface area contributed by atoms with E-state index in [0.717, 1.165) is 0 Å². The van der Waals surface area contributed by atoms with Crippen molar-refractivity contribution >= 4 is 11.9 Å². The summed E-state index contributed by atoms with van der Waals surface area (Å²) in [6.07, 6.45) is -0.974. The summed E-state index contributed by atoms with van der Waals surface area (Å²) in [7, 11) is 0. The third kappa shape index (κ3) is 8.02. The number of carboxylic acids is 1. The summed E-state index contributed by atoms with van der Waals surface area (Å²) >= 11 is 0. The Morgan fingerprint density at radius 3 is 2.76 bits per heavy atom. The second-order valence-electron chi connectivity index (χ2n) is 4.50. The molecule has 10 nitrogen and oxygen atoms in total. The van der Waals surface area contributed by atoms with Crippen LogP contribution >= 0.6 is 0 Å². The van der Waals surface area contributed by atoms with Gasteiger partial charge in [-0.1, -0.05) is 17.2 Å². The van der Waals surface area contributed by atoms with Gasteiger partial charge in [-0.3, -0.25) is 0 Å². The second-order valence-corrected chi connectivity index (χ2v) is 4.50. The number of carboxylic acid groups (broad SMARTS) is 1. The van der Waals surface area contributed by atoms with Crippen molar-refractivity contribution in [2.45, 2.75) is 13.2 Å². The van der Waals surface area contributed by atoms with Crippen molar-refractivity contribution in [1.82, 2.24) is 0 Å². The minimum absolute atomic E-state index is 0.0139. The molecule has 25 heavy (non-hydrogen) atoms. The first-order valence-electron chi connectivity index (χ1n) is 7.42. The van der Waals surface area contributed by atoms with E-state index in [0.29, 0.717) is 0 Å². The molecular formula is C15H19N3O7. The highest BCUT2D eigenvalue weighted by Crippen LogP contribution is 2.18. The van der Waals surface area contributed by atoms with Crippen LogP contribution in [-0.4, -0.2) is 56.3 Å². The average Bonchev–Trinajstić information content (AvgIpc) is 2.59. The van der Waals surface area contributed by atoms with Gasteiger partial charge in [0.2, 0.25) is 0 Å². The van der Waals surface area contributed by atoms with Gasteiger partial charge in [0, 0.05) is 4.91 Å². The van der Waals surface area contributed by atoms with Crippen LogP contribution in [0.25, 0.3) is 10.4 Å². The summed E-state index contributed by atoms with van der Waals surface area (Å²) in [4.78, 5) is 24.8. The molecule has 0 spiro atoms. The first-order chi connectivity index (χ1) is 12.1. The van der Waals surface area contributed by atoms with Crippen LogP contribution in [0.15, 0.2) is 29.4 Å². The van der Waals surface area contributed by atoms with E-state index in [-0.39, 0.29) is 44.3 Å². The van der Waals surface area contributed by atoms with Crippen molar-refractivity contribution in [3.05, 3.63) is 40.3 Å². The summed E-state index contributed by atoms with van der Waals surface area (Å²) in [5.74, 6) is -1.48. The van der Waals surface area contributed by atoms with Gasteiger partial charge in [-0.25, -0.2) is 9.59 Å². The van der Waals surface area contributed by atoms with E-state index >= 15 is 0 Å². The molecule has 0 saturated carbocycles. The molecule has 1 unspecified atom stereocenters. The SMILES string of the molecule is CCOC(=O)COCCOC(COc1ccccc1C(=O)O)N=[N+]=[N-]. The third-order valence-corrected chi connectivity index (χ3v) is 2.74. The van der Waals surface area contributed by atoms with E-state index in [1.54, 1.807) is 19.1 Å². The monoisotopic (exact) mass is 353 g/mol. The standard InChI is InChI=1S/C15H19N3O7/c1-2-23-14(19)10-22-7-8-24-13(17-18-16)9-25-12-6-4-3-5-11(12)15(20)21/h3-6,13H,2,7-10H2,1H3,(H,20,21). The van der Waals surface area contributed by atoms with Gasteiger partial charge in [-0.2, -0.15) is 0 Å². The highest BCUT2D eigenvalue weighted by atomic mass is 16.6. The normalized spacial score (nSPS) is 11.2. The molecule has 0 fully saturated rings. The highest BCUT2D eigenvalue weighted by Gasteiger charge is 2.13. The van der Waals surface area contributed by atoms with Crippen LogP contribution in [0.4, 0.5) is 0 Å². The lowest BCUT2D eigenvalue weighted by molar-refractivity contribution is -0.149. The number of benzene rings is 1. The van der Waals surface area contributed by atoms with Crippen LogP contribution in [0.3, 0.4) is 0 Å². The number of esters is 1. The van der Waals surface area contributed by atoms with Crippen molar-refractivity contribution < 1.29 is 33.6 Å². The Kier molecular flexibility index (Phi) is 9.46. The van der Waals surface area contributed by atoms with E-state index in [1.165, 1.54) is 12.1 Å². The number of azide groups is 1. The molecule has 0 aliphatic heterocycles. The van der Waals surface area contributed by atoms with Gasteiger partial charge in [0.25, 0.3) is 0 Å². The maximum Gasteiger partial charge on any atom is 0.339 e. The smallest absolute Gasteiger partial charge is 0.339 e. The summed E-state index contributed by atoms with van der Waals surface area (Å²) < 4.78 is 20.4. The molecule has 0 aliphatic rings.